The minimum atomic E-state index is -0.241. The Labute approximate surface area is 188 Å². The first-order valence-electron chi connectivity index (χ1n) is 9.68. The summed E-state index contributed by atoms with van der Waals surface area (Å²) in [5.74, 6) is 1.70. The highest BCUT2D eigenvalue weighted by Gasteiger charge is 2.28. The van der Waals surface area contributed by atoms with E-state index in [9.17, 15) is 4.39 Å². The van der Waals surface area contributed by atoms with Gasteiger partial charge in [-0.3, -0.25) is 4.99 Å². The number of aliphatic imine (C=N–C) groups is 1. The Morgan fingerprint density at radius 3 is 2.59 bits per heavy atom. The monoisotopic (exact) mass is 516 g/mol. The summed E-state index contributed by atoms with van der Waals surface area (Å²) < 4.78 is 24.6. The number of aryl methyl sites for hydroxylation is 2. The van der Waals surface area contributed by atoms with Crippen LogP contribution in [0.1, 0.15) is 48.5 Å². The van der Waals surface area contributed by atoms with Crippen LogP contribution in [-0.2, 0) is 4.74 Å². The molecule has 1 saturated heterocycles. The van der Waals surface area contributed by atoms with Gasteiger partial charge in [0.15, 0.2) is 5.96 Å². The van der Waals surface area contributed by atoms with Crippen LogP contribution in [0.4, 0.5) is 4.39 Å². The van der Waals surface area contributed by atoms with Gasteiger partial charge in [0.05, 0.1) is 18.3 Å². The number of hydrogen-bond acceptors (Lipinski definition) is 4. The van der Waals surface area contributed by atoms with E-state index in [1.807, 2.05) is 20.8 Å². The van der Waals surface area contributed by atoms with Crippen LogP contribution in [0.25, 0.3) is 0 Å². The quantitative estimate of drug-likeness (QED) is 0.375. The number of rotatable bonds is 4. The fraction of sp³-hybridized carbons (Fsp3) is 0.524. The first-order valence-corrected chi connectivity index (χ1v) is 9.68. The van der Waals surface area contributed by atoms with Crippen LogP contribution >= 0.6 is 24.0 Å². The number of nitrogens with zero attached hydrogens (tertiary/aromatic N) is 3. The van der Waals surface area contributed by atoms with Crippen LogP contribution in [0.15, 0.2) is 33.8 Å². The maximum Gasteiger partial charge on any atom is 0.193 e. The second kappa shape index (κ2) is 10.4. The maximum atomic E-state index is 13.2. The second-order valence-corrected chi connectivity index (χ2v) is 7.46. The fourth-order valence-corrected chi connectivity index (χ4v) is 3.86. The van der Waals surface area contributed by atoms with E-state index in [1.165, 1.54) is 12.1 Å². The van der Waals surface area contributed by atoms with Crippen molar-refractivity contribution in [2.45, 2.75) is 45.8 Å². The molecule has 3 unspecified atom stereocenters. The van der Waals surface area contributed by atoms with Crippen LogP contribution in [0, 0.1) is 19.7 Å². The molecule has 3 atom stereocenters. The Morgan fingerprint density at radius 2 is 2.00 bits per heavy atom. The summed E-state index contributed by atoms with van der Waals surface area (Å²) in [7, 11) is 1.79. The lowest BCUT2D eigenvalue weighted by Crippen LogP contribution is -2.51. The topological polar surface area (TPSA) is 62.9 Å². The zero-order valence-corrected chi connectivity index (χ0v) is 19.9. The Kier molecular flexibility index (Phi) is 8.45. The number of ether oxygens (including phenoxy) is 1. The Morgan fingerprint density at radius 1 is 1.31 bits per heavy atom. The van der Waals surface area contributed by atoms with Gasteiger partial charge >= 0.3 is 0 Å². The molecular weight excluding hydrogens is 486 g/mol. The van der Waals surface area contributed by atoms with Crippen molar-refractivity contribution in [3.05, 3.63) is 52.7 Å². The number of morpholine rings is 1. The average Bonchev–Trinajstić information content (AvgIpc) is 3.00. The standard InChI is InChI=1S/C21H29FN4O2.HI/c1-13(20-15(3)25-28-16(20)4)10-24-21(23-5)26-11-14(2)27-19(12-26)17-6-8-18(22)9-7-17;/h6-9,13-14,19H,10-12H2,1-5H3,(H,23,24);1H. The predicted octanol–water partition coefficient (Wildman–Crippen LogP) is 4.19. The molecule has 0 amide bonds. The van der Waals surface area contributed by atoms with Gasteiger partial charge < -0.3 is 19.5 Å². The highest BCUT2D eigenvalue weighted by atomic mass is 127. The molecule has 0 bridgehead atoms. The van der Waals surface area contributed by atoms with E-state index in [-0.39, 0.29) is 47.9 Å². The van der Waals surface area contributed by atoms with Crippen molar-refractivity contribution in [1.82, 2.24) is 15.4 Å². The van der Waals surface area contributed by atoms with E-state index in [2.05, 4.69) is 27.3 Å². The zero-order valence-electron chi connectivity index (χ0n) is 17.6. The molecule has 1 N–H and O–H groups in total. The zero-order chi connectivity index (χ0) is 20.3. The second-order valence-electron chi connectivity index (χ2n) is 7.46. The van der Waals surface area contributed by atoms with E-state index in [0.29, 0.717) is 6.54 Å². The van der Waals surface area contributed by atoms with Crippen LogP contribution < -0.4 is 5.32 Å². The molecule has 0 spiro atoms. The van der Waals surface area contributed by atoms with E-state index in [4.69, 9.17) is 9.26 Å². The summed E-state index contributed by atoms with van der Waals surface area (Å²) in [5.41, 5.74) is 3.04. The van der Waals surface area contributed by atoms with Gasteiger partial charge in [-0.05, 0) is 38.5 Å². The summed E-state index contributed by atoms with van der Waals surface area (Å²) in [5, 5.41) is 7.52. The number of benzene rings is 1. The van der Waals surface area contributed by atoms with E-state index < -0.39 is 0 Å². The molecular formula is C21H30FIN4O2. The van der Waals surface area contributed by atoms with Crippen molar-refractivity contribution < 1.29 is 13.7 Å². The van der Waals surface area contributed by atoms with Gasteiger partial charge in [0, 0.05) is 31.6 Å². The Hall–Kier alpha value is -1.68. The minimum absolute atomic E-state index is 0. The van der Waals surface area contributed by atoms with E-state index in [1.54, 1.807) is 19.2 Å². The molecule has 0 saturated carbocycles. The lowest BCUT2D eigenvalue weighted by atomic mass is 9.99. The fourth-order valence-electron chi connectivity index (χ4n) is 3.86. The number of aromatic nitrogens is 1. The molecule has 0 radical (unpaired) electrons. The van der Waals surface area contributed by atoms with Crippen LogP contribution in [0.2, 0.25) is 0 Å². The number of hydrogen-bond donors (Lipinski definition) is 1. The number of guanidine groups is 1. The van der Waals surface area contributed by atoms with Crippen molar-refractivity contribution in [3.8, 4) is 0 Å². The largest absolute Gasteiger partial charge is 0.367 e. The lowest BCUT2D eigenvalue weighted by molar-refractivity contribution is -0.0605. The molecule has 1 aliphatic heterocycles. The van der Waals surface area contributed by atoms with Crippen LogP contribution in [-0.4, -0.2) is 48.8 Å². The van der Waals surface area contributed by atoms with Crippen molar-refractivity contribution in [1.29, 1.82) is 0 Å². The molecule has 29 heavy (non-hydrogen) atoms. The van der Waals surface area contributed by atoms with Gasteiger partial charge in [0.2, 0.25) is 0 Å². The average molecular weight is 516 g/mol. The predicted molar refractivity (Wildman–Crippen MR) is 122 cm³/mol. The number of halogens is 2. The summed E-state index contributed by atoms with van der Waals surface area (Å²) in [6.07, 6.45) is -0.0785. The third-order valence-corrected chi connectivity index (χ3v) is 5.16. The summed E-state index contributed by atoms with van der Waals surface area (Å²) >= 11 is 0. The van der Waals surface area contributed by atoms with Crippen molar-refractivity contribution in [2.75, 3.05) is 26.7 Å². The molecule has 6 nitrogen and oxygen atoms in total. The molecule has 1 aromatic carbocycles. The summed E-state index contributed by atoms with van der Waals surface area (Å²) in [6, 6.07) is 6.51. The molecule has 2 heterocycles. The van der Waals surface area contributed by atoms with Crippen molar-refractivity contribution in [2.24, 2.45) is 4.99 Å². The Balaban J connectivity index is 0.00000300. The highest BCUT2D eigenvalue weighted by molar-refractivity contribution is 14.0. The molecule has 160 valence electrons. The SMILES string of the molecule is CN=C(NCC(C)c1c(C)noc1C)N1CC(C)OC(c2ccc(F)cc2)C1.I. The van der Waals surface area contributed by atoms with Crippen molar-refractivity contribution in [3.63, 3.8) is 0 Å². The first kappa shape index (κ1) is 23.6. The van der Waals surface area contributed by atoms with Gasteiger partial charge in [0.1, 0.15) is 17.7 Å². The van der Waals surface area contributed by atoms with Gasteiger partial charge in [-0.2, -0.15) is 0 Å². The molecule has 0 aliphatic carbocycles. The molecule has 3 rings (SSSR count). The summed E-state index contributed by atoms with van der Waals surface area (Å²) in [4.78, 5) is 6.66. The van der Waals surface area contributed by atoms with Crippen molar-refractivity contribution >= 4 is 29.9 Å². The highest BCUT2D eigenvalue weighted by Crippen LogP contribution is 2.26. The minimum Gasteiger partial charge on any atom is -0.367 e. The third kappa shape index (κ3) is 5.69. The first-order chi connectivity index (χ1) is 13.4. The molecule has 1 aliphatic rings. The molecule has 2 aromatic rings. The molecule has 1 fully saturated rings. The Bertz CT molecular complexity index is 805. The van der Waals surface area contributed by atoms with Crippen LogP contribution in [0.5, 0.6) is 0 Å². The molecule has 8 heteroatoms. The van der Waals surface area contributed by atoms with Gasteiger partial charge in [-0.15, -0.1) is 24.0 Å². The number of nitrogens with one attached hydrogen (secondary N) is 1. The van der Waals surface area contributed by atoms with E-state index in [0.717, 1.165) is 41.6 Å². The summed E-state index contributed by atoms with van der Waals surface area (Å²) in [6.45, 7) is 10.2. The maximum absolute atomic E-state index is 13.2. The van der Waals surface area contributed by atoms with Gasteiger partial charge in [-0.25, -0.2) is 4.39 Å². The van der Waals surface area contributed by atoms with Crippen LogP contribution in [0.3, 0.4) is 0 Å². The van der Waals surface area contributed by atoms with Gasteiger partial charge in [0.25, 0.3) is 0 Å². The molecule has 1 aromatic heterocycles. The van der Waals surface area contributed by atoms with Gasteiger partial charge in [-0.1, -0.05) is 24.2 Å². The lowest BCUT2D eigenvalue weighted by Gasteiger charge is -2.39. The smallest absolute Gasteiger partial charge is 0.193 e. The third-order valence-electron chi connectivity index (χ3n) is 5.16. The normalized spacial score (nSPS) is 20.9. The van der Waals surface area contributed by atoms with E-state index >= 15 is 0 Å².